The third-order valence-electron chi connectivity index (χ3n) is 3.57. The highest BCUT2D eigenvalue weighted by molar-refractivity contribution is 9.10. The number of nitrogens with zero attached hydrogens (tertiary/aromatic N) is 2. The number of hydrogen-bond donors (Lipinski definition) is 0. The van der Waals surface area contributed by atoms with Gasteiger partial charge in [-0.05, 0) is 42.0 Å². The molecule has 122 valence electrons. The molecule has 1 amide bonds. The SMILES string of the molecule is CN(C)c1ccc(/C=C2\SC(=S)N(c3cccc(Br)c3)C2=O)cc1. The van der Waals surface area contributed by atoms with E-state index in [0.29, 0.717) is 9.23 Å². The van der Waals surface area contributed by atoms with Crippen LogP contribution in [-0.2, 0) is 4.79 Å². The van der Waals surface area contributed by atoms with Gasteiger partial charge in [-0.25, -0.2) is 0 Å². The molecule has 0 bridgehead atoms. The van der Waals surface area contributed by atoms with Gasteiger partial charge in [-0.2, -0.15) is 0 Å². The van der Waals surface area contributed by atoms with Crippen LogP contribution >= 0.6 is 39.9 Å². The van der Waals surface area contributed by atoms with Crippen LogP contribution in [0.1, 0.15) is 5.56 Å². The third kappa shape index (κ3) is 3.55. The van der Waals surface area contributed by atoms with Crippen molar-refractivity contribution in [3.05, 3.63) is 63.5 Å². The number of carbonyl (C=O) groups excluding carboxylic acids is 1. The number of benzene rings is 2. The van der Waals surface area contributed by atoms with E-state index in [1.165, 1.54) is 11.8 Å². The summed E-state index contributed by atoms with van der Waals surface area (Å²) in [6, 6.07) is 15.6. The molecule has 0 unspecified atom stereocenters. The maximum atomic E-state index is 12.7. The van der Waals surface area contributed by atoms with Crippen molar-refractivity contribution in [1.82, 2.24) is 0 Å². The maximum Gasteiger partial charge on any atom is 0.270 e. The van der Waals surface area contributed by atoms with E-state index in [0.717, 1.165) is 21.4 Å². The van der Waals surface area contributed by atoms with E-state index < -0.39 is 0 Å². The molecule has 2 aromatic rings. The summed E-state index contributed by atoms with van der Waals surface area (Å²) >= 11 is 10.2. The smallest absolute Gasteiger partial charge is 0.270 e. The lowest BCUT2D eigenvalue weighted by Crippen LogP contribution is -2.27. The molecule has 0 aromatic heterocycles. The van der Waals surface area contributed by atoms with Crippen molar-refractivity contribution < 1.29 is 4.79 Å². The lowest BCUT2D eigenvalue weighted by atomic mass is 10.2. The van der Waals surface area contributed by atoms with Gasteiger partial charge < -0.3 is 4.90 Å². The fourth-order valence-corrected chi connectivity index (χ4v) is 4.01. The highest BCUT2D eigenvalue weighted by Gasteiger charge is 2.33. The molecule has 0 N–H and O–H groups in total. The van der Waals surface area contributed by atoms with Gasteiger partial charge in [0.05, 0.1) is 10.6 Å². The molecule has 0 atom stereocenters. The average molecular weight is 419 g/mol. The zero-order chi connectivity index (χ0) is 17.3. The maximum absolute atomic E-state index is 12.7. The molecule has 6 heteroatoms. The quantitative estimate of drug-likeness (QED) is 0.521. The van der Waals surface area contributed by atoms with Crippen LogP contribution in [0.2, 0.25) is 0 Å². The van der Waals surface area contributed by atoms with E-state index in [9.17, 15) is 4.79 Å². The Bertz CT molecular complexity index is 831. The fourth-order valence-electron chi connectivity index (χ4n) is 2.33. The fraction of sp³-hybridized carbons (Fsp3) is 0.111. The molecule has 3 nitrogen and oxygen atoms in total. The summed E-state index contributed by atoms with van der Waals surface area (Å²) in [6.07, 6.45) is 1.89. The Kier molecular flexibility index (Phi) is 5.08. The predicted molar refractivity (Wildman–Crippen MR) is 111 cm³/mol. The van der Waals surface area contributed by atoms with Gasteiger partial charge in [0.1, 0.15) is 0 Å². The zero-order valence-electron chi connectivity index (χ0n) is 13.2. The Balaban J connectivity index is 1.88. The number of thioether (sulfide) groups is 1. The first-order valence-electron chi connectivity index (χ1n) is 7.26. The summed E-state index contributed by atoms with van der Waals surface area (Å²) in [7, 11) is 4.00. The van der Waals surface area contributed by atoms with Gasteiger partial charge in [0.25, 0.3) is 5.91 Å². The molecule has 1 heterocycles. The zero-order valence-corrected chi connectivity index (χ0v) is 16.4. The van der Waals surface area contributed by atoms with Gasteiger partial charge in [-0.15, -0.1) is 0 Å². The van der Waals surface area contributed by atoms with Gasteiger partial charge >= 0.3 is 0 Å². The predicted octanol–water partition coefficient (Wildman–Crippen LogP) is 4.92. The molecule has 0 radical (unpaired) electrons. The average Bonchev–Trinajstić information content (AvgIpc) is 2.82. The minimum Gasteiger partial charge on any atom is -0.378 e. The van der Waals surface area contributed by atoms with E-state index in [1.807, 2.05) is 73.6 Å². The number of rotatable bonds is 3. The number of carbonyl (C=O) groups is 1. The minimum atomic E-state index is -0.0835. The van der Waals surface area contributed by atoms with Crippen molar-refractivity contribution in [1.29, 1.82) is 0 Å². The van der Waals surface area contributed by atoms with Gasteiger partial charge in [-0.1, -0.05) is 58.1 Å². The van der Waals surface area contributed by atoms with Gasteiger partial charge in [-0.3, -0.25) is 9.69 Å². The van der Waals surface area contributed by atoms with Crippen molar-refractivity contribution in [2.75, 3.05) is 23.9 Å². The van der Waals surface area contributed by atoms with Crippen LogP contribution in [-0.4, -0.2) is 24.3 Å². The first kappa shape index (κ1) is 17.2. The molecule has 0 aliphatic carbocycles. The van der Waals surface area contributed by atoms with Gasteiger partial charge in [0.2, 0.25) is 0 Å². The molecule has 24 heavy (non-hydrogen) atoms. The molecule has 1 aliphatic heterocycles. The summed E-state index contributed by atoms with van der Waals surface area (Å²) in [5, 5.41) is 0. The van der Waals surface area contributed by atoms with Crippen molar-refractivity contribution in [2.24, 2.45) is 0 Å². The van der Waals surface area contributed by atoms with E-state index in [4.69, 9.17) is 12.2 Å². The summed E-state index contributed by atoms with van der Waals surface area (Å²) in [5.41, 5.74) is 2.88. The first-order chi connectivity index (χ1) is 11.5. The van der Waals surface area contributed by atoms with Crippen molar-refractivity contribution >= 4 is 67.6 Å². The number of thiocarbonyl (C=S) groups is 1. The van der Waals surface area contributed by atoms with Crippen LogP contribution in [0.25, 0.3) is 6.08 Å². The van der Waals surface area contributed by atoms with Gasteiger partial charge in [0, 0.05) is 24.3 Å². The van der Waals surface area contributed by atoms with Crippen LogP contribution in [0, 0.1) is 0 Å². The second-order valence-electron chi connectivity index (χ2n) is 5.48. The molecular formula is C18H15BrN2OS2. The highest BCUT2D eigenvalue weighted by atomic mass is 79.9. The lowest BCUT2D eigenvalue weighted by molar-refractivity contribution is -0.113. The highest BCUT2D eigenvalue weighted by Crippen LogP contribution is 2.36. The van der Waals surface area contributed by atoms with Crippen LogP contribution < -0.4 is 9.80 Å². The Morgan fingerprint density at radius 2 is 1.88 bits per heavy atom. The molecule has 3 rings (SSSR count). The Hall–Kier alpha value is -1.63. The van der Waals surface area contributed by atoms with Crippen LogP contribution in [0.4, 0.5) is 11.4 Å². The Labute approximate surface area is 159 Å². The standard InChI is InChI=1S/C18H15BrN2OS2/c1-20(2)14-8-6-12(7-9-14)10-16-17(22)21(18(23)24-16)15-5-3-4-13(19)11-15/h3-11H,1-2H3/b16-10-. The van der Waals surface area contributed by atoms with E-state index in [-0.39, 0.29) is 5.91 Å². The summed E-state index contributed by atoms with van der Waals surface area (Å²) < 4.78 is 1.46. The summed E-state index contributed by atoms with van der Waals surface area (Å²) in [6.45, 7) is 0. The van der Waals surface area contributed by atoms with E-state index in [2.05, 4.69) is 15.9 Å². The molecule has 1 aliphatic rings. The van der Waals surface area contributed by atoms with Crippen molar-refractivity contribution in [3.63, 3.8) is 0 Å². The Morgan fingerprint density at radius 1 is 1.17 bits per heavy atom. The molecule has 1 saturated heterocycles. The summed E-state index contributed by atoms with van der Waals surface area (Å²) in [5.74, 6) is -0.0835. The molecule has 1 fully saturated rings. The second-order valence-corrected chi connectivity index (χ2v) is 8.07. The number of halogens is 1. The number of hydrogen-bond acceptors (Lipinski definition) is 4. The minimum absolute atomic E-state index is 0.0835. The third-order valence-corrected chi connectivity index (χ3v) is 5.36. The van der Waals surface area contributed by atoms with Crippen LogP contribution in [0.5, 0.6) is 0 Å². The normalized spacial score (nSPS) is 16.1. The monoisotopic (exact) mass is 418 g/mol. The molecule has 2 aromatic carbocycles. The van der Waals surface area contributed by atoms with E-state index >= 15 is 0 Å². The topological polar surface area (TPSA) is 23.6 Å². The number of anilines is 2. The van der Waals surface area contributed by atoms with E-state index in [1.54, 1.807) is 4.90 Å². The number of amides is 1. The molecular weight excluding hydrogens is 404 g/mol. The van der Waals surface area contributed by atoms with Gasteiger partial charge in [0.15, 0.2) is 4.32 Å². The lowest BCUT2D eigenvalue weighted by Gasteiger charge is -2.14. The van der Waals surface area contributed by atoms with Crippen molar-refractivity contribution in [2.45, 2.75) is 0 Å². The first-order valence-corrected chi connectivity index (χ1v) is 9.28. The van der Waals surface area contributed by atoms with Crippen molar-refractivity contribution in [3.8, 4) is 0 Å². The second kappa shape index (κ2) is 7.09. The molecule has 0 saturated carbocycles. The van der Waals surface area contributed by atoms with Crippen LogP contribution in [0.3, 0.4) is 0 Å². The Morgan fingerprint density at radius 3 is 2.50 bits per heavy atom. The summed E-state index contributed by atoms with van der Waals surface area (Å²) in [4.78, 5) is 17.0. The molecule has 0 spiro atoms. The van der Waals surface area contributed by atoms with Crippen LogP contribution in [0.15, 0.2) is 57.9 Å². The largest absolute Gasteiger partial charge is 0.378 e.